The van der Waals surface area contributed by atoms with Crippen molar-refractivity contribution in [1.82, 2.24) is 5.32 Å². The lowest BCUT2D eigenvalue weighted by molar-refractivity contribution is -0.122. The Kier molecular flexibility index (Phi) is 9.57. The van der Waals surface area contributed by atoms with Crippen LogP contribution in [0.3, 0.4) is 0 Å². The first kappa shape index (κ1) is 19.7. The maximum absolute atomic E-state index is 11.5. The Balaban J connectivity index is 2.17. The summed E-state index contributed by atoms with van der Waals surface area (Å²) in [5.41, 5.74) is 2.29. The van der Waals surface area contributed by atoms with Crippen LogP contribution in [0.25, 0.3) is 0 Å². The van der Waals surface area contributed by atoms with Crippen molar-refractivity contribution >= 4 is 5.91 Å². The van der Waals surface area contributed by atoms with Crippen molar-refractivity contribution in [3.05, 3.63) is 35.4 Å². The average molecular weight is 321 g/mol. The molecule has 4 heteroatoms. The predicted octanol–water partition coefficient (Wildman–Crippen LogP) is 3.68. The van der Waals surface area contributed by atoms with Crippen molar-refractivity contribution in [2.75, 3.05) is 13.2 Å². The Morgan fingerprint density at radius 1 is 0.957 bits per heavy atom. The number of amides is 1. The van der Waals surface area contributed by atoms with Gasteiger partial charge in [-0.25, -0.2) is 0 Å². The summed E-state index contributed by atoms with van der Waals surface area (Å²) in [5, 5.41) is 2.85. The van der Waals surface area contributed by atoms with E-state index >= 15 is 0 Å². The summed E-state index contributed by atoms with van der Waals surface area (Å²) in [5.74, 6) is 0.714. The van der Waals surface area contributed by atoms with Crippen LogP contribution in [0.1, 0.15) is 51.7 Å². The maximum atomic E-state index is 11.5. The van der Waals surface area contributed by atoms with Crippen molar-refractivity contribution in [2.24, 2.45) is 5.92 Å². The molecule has 0 bridgehead atoms. The van der Waals surface area contributed by atoms with E-state index in [0.717, 1.165) is 18.6 Å². The largest absolute Gasteiger partial charge is 0.377 e. The molecule has 1 rings (SSSR count). The Hall–Kier alpha value is -1.39. The highest BCUT2D eigenvalue weighted by atomic mass is 16.5. The fourth-order valence-electron chi connectivity index (χ4n) is 1.99. The number of nitrogens with one attached hydrogen (secondary N) is 1. The van der Waals surface area contributed by atoms with Crippen LogP contribution in [0.15, 0.2) is 24.3 Å². The smallest absolute Gasteiger partial charge is 0.222 e. The summed E-state index contributed by atoms with van der Waals surface area (Å²) in [7, 11) is 0. The second kappa shape index (κ2) is 11.2. The number of hydrogen-bond acceptors (Lipinski definition) is 3. The molecule has 0 aromatic heterocycles. The van der Waals surface area contributed by atoms with Gasteiger partial charge < -0.3 is 14.8 Å². The molecule has 1 aromatic carbocycles. The van der Waals surface area contributed by atoms with Crippen molar-refractivity contribution < 1.29 is 14.3 Å². The molecule has 1 N–H and O–H groups in total. The molecule has 0 fully saturated rings. The van der Waals surface area contributed by atoms with Crippen LogP contribution >= 0.6 is 0 Å². The molecule has 23 heavy (non-hydrogen) atoms. The number of ether oxygens (including phenoxy) is 2. The highest BCUT2D eigenvalue weighted by Gasteiger charge is 2.03. The Morgan fingerprint density at radius 2 is 1.48 bits per heavy atom. The summed E-state index contributed by atoms with van der Waals surface area (Å²) in [6.45, 7) is 10.7. The van der Waals surface area contributed by atoms with Crippen LogP contribution in [-0.2, 0) is 27.5 Å². The zero-order valence-corrected chi connectivity index (χ0v) is 14.9. The van der Waals surface area contributed by atoms with Crippen LogP contribution in [0.2, 0.25) is 0 Å². The molecular formula is C19H31NO3. The van der Waals surface area contributed by atoms with Crippen molar-refractivity contribution in [1.29, 1.82) is 0 Å². The standard InChI is InChI=1S/C19H31NO3/c1-15(2)9-11-22-13-17-5-7-18(8-6-17)14-23-12-10-19(21)20-16(3)4/h5-8,15-16H,9-14H2,1-4H3,(H,20,21). The van der Waals surface area contributed by atoms with Gasteiger partial charge in [0, 0.05) is 19.1 Å². The summed E-state index contributed by atoms with van der Waals surface area (Å²) < 4.78 is 11.2. The summed E-state index contributed by atoms with van der Waals surface area (Å²) in [6, 6.07) is 8.42. The van der Waals surface area contributed by atoms with Crippen molar-refractivity contribution in [3.63, 3.8) is 0 Å². The molecule has 0 saturated heterocycles. The molecule has 0 aliphatic rings. The third kappa shape index (κ3) is 10.1. The van der Waals surface area contributed by atoms with Gasteiger partial charge in [-0.2, -0.15) is 0 Å². The summed E-state index contributed by atoms with van der Waals surface area (Å²) in [6.07, 6.45) is 1.50. The van der Waals surface area contributed by atoms with E-state index < -0.39 is 0 Å². The Labute approximate surface area is 140 Å². The summed E-state index contributed by atoms with van der Waals surface area (Å²) >= 11 is 0. The quantitative estimate of drug-likeness (QED) is 0.632. The van der Waals surface area contributed by atoms with E-state index in [2.05, 4.69) is 43.4 Å². The van der Waals surface area contributed by atoms with E-state index in [4.69, 9.17) is 9.47 Å². The van der Waals surface area contributed by atoms with Crippen LogP contribution in [-0.4, -0.2) is 25.2 Å². The SMILES string of the molecule is CC(C)CCOCc1ccc(COCCC(=O)NC(C)C)cc1. The van der Waals surface area contributed by atoms with Gasteiger partial charge in [-0.1, -0.05) is 38.1 Å². The van der Waals surface area contributed by atoms with E-state index in [1.54, 1.807) is 0 Å². The molecule has 0 atom stereocenters. The van der Waals surface area contributed by atoms with Gasteiger partial charge in [0.1, 0.15) is 0 Å². The molecule has 0 aliphatic heterocycles. The summed E-state index contributed by atoms with van der Waals surface area (Å²) in [4.78, 5) is 11.5. The van der Waals surface area contributed by atoms with Gasteiger partial charge in [0.05, 0.1) is 19.8 Å². The normalized spacial score (nSPS) is 11.2. The maximum Gasteiger partial charge on any atom is 0.222 e. The fraction of sp³-hybridized carbons (Fsp3) is 0.632. The van der Waals surface area contributed by atoms with Gasteiger partial charge in [0.15, 0.2) is 0 Å². The molecule has 0 radical (unpaired) electrons. The molecule has 1 amide bonds. The number of rotatable bonds is 11. The third-order valence-electron chi connectivity index (χ3n) is 3.32. The highest BCUT2D eigenvalue weighted by molar-refractivity contribution is 5.76. The average Bonchev–Trinajstić information content (AvgIpc) is 2.48. The zero-order valence-electron chi connectivity index (χ0n) is 14.9. The number of hydrogen-bond donors (Lipinski definition) is 1. The molecule has 0 saturated carbocycles. The van der Waals surface area contributed by atoms with Gasteiger partial charge in [0.25, 0.3) is 0 Å². The number of benzene rings is 1. The molecule has 130 valence electrons. The molecular weight excluding hydrogens is 290 g/mol. The van der Waals surface area contributed by atoms with Gasteiger partial charge in [-0.3, -0.25) is 4.79 Å². The highest BCUT2D eigenvalue weighted by Crippen LogP contribution is 2.08. The van der Waals surface area contributed by atoms with Crippen LogP contribution < -0.4 is 5.32 Å². The minimum atomic E-state index is 0.0360. The Morgan fingerprint density at radius 3 is 1.96 bits per heavy atom. The molecule has 0 heterocycles. The minimum absolute atomic E-state index is 0.0360. The first-order chi connectivity index (χ1) is 11.0. The van der Waals surface area contributed by atoms with Crippen LogP contribution in [0.5, 0.6) is 0 Å². The first-order valence-corrected chi connectivity index (χ1v) is 8.50. The fourth-order valence-corrected chi connectivity index (χ4v) is 1.99. The van der Waals surface area contributed by atoms with Gasteiger partial charge >= 0.3 is 0 Å². The second-order valence-electron chi connectivity index (χ2n) is 6.58. The molecule has 0 spiro atoms. The van der Waals surface area contributed by atoms with Crippen LogP contribution in [0, 0.1) is 5.92 Å². The number of carbonyl (C=O) groups is 1. The molecule has 1 aromatic rings. The lowest BCUT2D eigenvalue weighted by Crippen LogP contribution is -2.30. The van der Waals surface area contributed by atoms with Crippen LogP contribution in [0.4, 0.5) is 0 Å². The third-order valence-corrected chi connectivity index (χ3v) is 3.32. The van der Waals surface area contributed by atoms with E-state index in [1.165, 1.54) is 5.56 Å². The van der Waals surface area contributed by atoms with Gasteiger partial charge in [-0.15, -0.1) is 0 Å². The van der Waals surface area contributed by atoms with E-state index in [9.17, 15) is 4.79 Å². The molecule has 0 aliphatic carbocycles. The topological polar surface area (TPSA) is 47.6 Å². The predicted molar refractivity (Wildman–Crippen MR) is 93.1 cm³/mol. The molecule has 4 nitrogen and oxygen atoms in total. The minimum Gasteiger partial charge on any atom is -0.377 e. The zero-order chi connectivity index (χ0) is 17.1. The van der Waals surface area contributed by atoms with Crippen molar-refractivity contribution in [2.45, 2.75) is 59.8 Å². The van der Waals surface area contributed by atoms with Gasteiger partial charge in [0.2, 0.25) is 5.91 Å². The van der Waals surface area contributed by atoms with E-state index in [0.29, 0.717) is 32.2 Å². The monoisotopic (exact) mass is 321 g/mol. The lowest BCUT2D eigenvalue weighted by atomic mass is 10.1. The second-order valence-corrected chi connectivity index (χ2v) is 6.58. The molecule has 0 unspecified atom stereocenters. The van der Waals surface area contributed by atoms with Crippen molar-refractivity contribution in [3.8, 4) is 0 Å². The first-order valence-electron chi connectivity index (χ1n) is 8.50. The van der Waals surface area contributed by atoms with E-state index in [1.807, 2.05) is 13.8 Å². The van der Waals surface area contributed by atoms with Gasteiger partial charge in [-0.05, 0) is 37.3 Å². The number of carbonyl (C=O) groups excluding carboxylic acids is 1. The Bertz CT molecular complexity index is 440. The lowest BCUT2D eigenvalue weighted by Gasteiger charge is -2.09. The van der Waals surface area contributed by atoms with E-state index in [-0.39, 0.29) is 11.9 Å².